The molecular formula is C49H90NO7P. The minimum atomic E-state index is -4.29. The van der Waals surface area contributed by atoms with Crippen molar-refractivity contribution in [3.8, 4) is 0 Å². The minimum Gasteiger partial charge on any atom is -0.457 e. The zero-order chi connectivity index (χ0) is 42.3. The summed E-state index contributed by atoms with van der Waals surface area (Å²) in [5, 5.41) is 0. The van der Waals surface area contributed by atoms with Gasteiger partial charge in [0.05, 0.1) is 19.8 Å². The summed E-state index contributed by atoms with van der Waals surface area (Å²) in [4.78, 5) is 22.5. The molecule has 0 saturated carbocycles. The molecule has 3 N–H and O–H groups in total. The lowest BCUT2D eigenvalue weighted by atomic mass is 10.1. The van der Waals surface area contributed by atoms with E-state index in [-0.39, 0.29) is 32.3 Å². The quantitative estimate of drug-likeness (QED) is 0.0269. The maximum Gasteiger partial charge on any atom is 0.472 e. The number of phosphoric ester groups is 1. The van der Waals surface area contributed by atoms with Gasteiger partial charge in [-0.25, -0.2) is 4.57 Å². The van der Waals surface area contributed by atoms with Crippen molar-refractivity contribution < 1.29 is 32.8 Å². The zero-order valence-corrected chi connectivity index (χ0v) is 38.4. The van der Waals surface area contributed by atoms with Crippen LogP contribution in [-0.4, -0.2) is 49.9 Å². The smallest absolute Gasteiger partial charge is 0.457 e. The number of allylic oxidation sites excluding steroid dienone is 10. The number of ether oxygens (including phenoxy) is 2. The summed E-state index contributed by atoms with van der Waals surface area (Å²) in [6, 6.07) is 0. The molecule has 0 aliphatic carbocycles. The third-order valence-electron chi connectivity index (χ3n) is 9.91. The molecule has 0 aromatic rings. The Hall–Kier alpha value is -1.80. The maximum absolute atomic E-state index is 12.6. The zero-order valence-electron chi connectivity index (χ0n) is 37.5. The normalized spacial score (nSPS) is 13.9. The number of phosphoric acid groups is 1. The van der Waals surface area contributed by atoms with Crippen molar-refractivity contribution in [1.82, 2.24) is 0 Å². The number of hydrogen-bond donors (Lipinski definition) is 2. The Balaban J connectivity index is 4.02. The molecular weight excluding hydrogens is 746 g/mol. The van der Waals surface area contributed by atoms with Crippen LogP contribution in [-0.2, 0) is 27.9 Å². The number of hydrogen-bond acceptors (Lipinski definition) is 7. The van der Waals surface area contributed by atoms with E-state index in [2.05, 4.69) is 74.6 Å². The van der Waals surface area contributed by atoms with Crippen molar-refractivity contribution in [3.63, 3.8) is 0 Å². The molecule has 0 spiro atoms. The summed E-state index contributed by atoms with van der Waals surface area (Å²) in [6.45, 7) is 4.85. The van der Waals surface area contributed by atoms with Gasteiger partial charge in [0.15, 0.2) is 0 Å². The van der Waals surface area contributed by atoms with Gasteiger partial charge in [-0.2, -0.15) is 0 Å². The van der Waals surface area contributed by atoms with Crippen LogP contribution in [0.3, 0.4) is 0 Å². The highest BCUT2D eigenvalue weighted by atomic mass is 31.2. The van der Waals surface area contributed by atoms with E-state index in [1.54, 1.807) is 0 Å². The molecule has 0 aliphatic heterocycles. The van der Waals surface area contributed by atoms with Crippen molar-refractivity contribution in [2.24, 2.45) is 5.73 Å². The van der Waals surface area contributed by atoms with Crippen molar-refractivity contribution >= 4 is 13.8 Å². The molecule has 9 heteroatoms. The summed E-state index contributed by atoms with van der Waals surface area (Å²) in [6.07, 6.45) is 56.6. The second-order valence-corrected chi connectivity index (χ2v) is 17.1. The van der Waals surface area contributed by atoms with Crippen LogP contribution in [0.25, 0.3) is 0 Å². The van der Waals surface area contributed by atoms with Crippen LogP contribution in [0, 0.1) is 0 Å². The molecule has 0 aromatic carbocycles. The lowest BCUT2D eigenvalue weighted by molar-refractivity contribution is -0.154. The summed E-state index contributed by atoms with van der Waals surface area (Å²) in [5.41, 5.74) is 5.38. The highest BCUT2D eigenvalue weighted by molar-refractivity contribution is 7.47. The fourth-order valence-electron chi connectivity index (χ4n) is 6.39. The number of carbonyl (C=O) groups is 1. The van der Waals surface area contributed by atoms with E-state index >= 15 is 0 Å². The Morgan fingerprint density at radius 3 is 1.36 bits per heavy atom. The van der Waals surface area contributed by atoms with Crippen molar-refractivity contribution in [3.05, 3.63) is 60.8 Å². The highest BCUT2D eigenvalue weighted by Gasteiger charge is 2.25. The molecule has 338 valence electrons. The van der Waals surface area contributed by atoms with Crippen LogP contribution in [0.5, 0.6) is 0 Å². The van der Waals surface area contributed by atoms with E-state index in [0.717, 1.165) is 64.2 Å². The molecule has 0 rings (SSSR count). The SMILES string of the molecule is CCCCC/C=C\C/C=C\C/C=C\CCCCCCCCC(=O)OC(COCCCCCCCCCCCC/C=C\C/C=C\CCCCC)COP(=O)(O)OCCN. The molecule has 58 heavy (non-hydrogen) atoms. The van der Waals surface area contributed by atoms with Crippen molar-refractivity contribution in [2.75, 3.05) is 33.0 Å². The largest absolute Gasteiger partial charge is 0.472 e. The lowest BCUT2D eigenvalue weighted by Gasteiger charge is -2.20. The van der Waals surface area contributed by atoms with Gasteiger partial charge in [-0.3, -0.25) is 13.8 Å². The Kier molecular flexibility index (Phi) is 44.8. The second-order valence-electron chi connectivity index (χ2n) is 15.6. The molecule has 0 aromatic heterocycles. The second kappa shape index (κ2) is 46.3. The Morgan fingerprint density at radius 2 is 0.914 bits per heavy atom. The van der Waals surface area contributed by atoms with Gasteiger partial charge in [-0.15, -0.1) is 0 Å². The van der Waals surface area contributed by atoms with E-state index in [0.29, 0.717) is 13.0 Å². The fourth-order valence-corrected chi connectivity index (χ4v) is 7.15. The van der Waals surface area contributed by atoms with E-state index in [4.69, 9.17) is 24.3 Å². The topological polar surface area (TPSA) is 117 Å². The third kappa shape index (κ3) is 45.3. The number of rotatable bonds is 45. The van der Waals surface area contributed by atoms with Gasteiger partial charge in [0.1, 0.15) is 6.10 Å². The molecule has 0 heterocycles. The molecule has 0 aliphatic rings. The first-order valence-corrected chi connectivity index (χ1v) is 25.3. The summed E-state index contributed by atoms with van der Waals surface area (Å²) in [7, 11) is -4.29. The van der Waals surface area contributed by atoms with E-state index in [1.165, 1.54) is 122 Å². The van der Waals surface area contributed by atoms with Crippen molar-refractivity contribution in [2.45, 2.75) is 213 Å². The average Bonchev–Trinajstić information content (AvgIpc) is 3.21. The number of esters is 1. The fraction of sp³-hybridized carbons (Fsp3) is 0.776. The molecule has 8 nitrogen and oxygen atoms in total. The predicted octanol–water partition coefficient (Wildman–Crippen LogP) is 14.5. The van der Waals surface area contributed by atoms with E-state index in [9.17, 15) is 14.3 Å². The first-order valence-electron chi connectivity index (χ1n) is 23.8. The summed E-state index contributed by atoms with van der Waals surface area (Å²) in [5.74, 6) is -0.344. The Labute approximate surface area is 357 Å². The summed E-state index contributed by atoms with van der Waals surface area (Å²) < 4.78 is 33.5. The first-order chi connectivity index (χ1) is 28.4. The van der Waals surface area contributed by atoms with Crippen LogP contribution < -0.4 is 5.73 Å². The molecule has 0 saturated heterocycles. The molecule has 2 unspecified atom stereocenters. The molecule has 0 fully saturated rings. The molecule has 0 bridgehead atoms. The van der Waals surface area contributed by atoms with E-state index in [1.807, 2.05) is 0 Å². The number of unbranched alkanes of at least 4 members (excludes halogenated alkanes) is 22. The van der Waals surface area contributed by atoms with Gasteiger partial charge in [0.2, 0.25) is 0 Å². The maximum atomic E-state index is 12.6. The van der Waals surface area contributed by atoms with Crippen LogP contribution in [0.2, 0.25) is 0 Å². The van der Waals surface area contributed by atoms with E-state index < -0.39 is 13.9 Å². The van der Waals surface area contributed by atoms with Crippen LogP contribution >= 0.6 is 7.82 Å². The molecule has 0 amide bonds. The van der Waals surface area contributed by atoms with Gasteiger partial charge in [0.25, 0.3) is 0 Å². The first kappa shape index (κ1) is 56.2. The molecule has 0 radical (unpaired) electrons. The van der Waals surface area contributed by atoms with Gasteiger partial charge < -0.3 is 20.1 Å². The monoisotopic (exact) mass is 836 g/mol. The number of nitrogens with two attached hydrogens (primary N) is 1. The Morgan fingerprint density at radius 1 is 0.517 bits per heavy atom. The van der Waals surface area contributed by atoms with Crippen LogP contribution in [0.1, 0.15) is 206 Å². The number of carbonyl (C=O) groups excluding carboxylic acids is 1. The van der Waals surface area contributed by atoms with Gasteiger partial charge in [-0.1, -0.05) is 177 Å². The minimum absolute atomic E-state index is 0.0952. The van der Waals surface area contributed by atoms with Gasteiger partial charge >= 0.3 is 13.8 Å². The van der Waals surface area contributed by atoms with Crippen LogP contribution in [0.15, 0.2) is 60.8 Å². The standard InChI is InChI=1S/C49H90NO7P/c1-3-5-7-9-11-13-15-17-19-21-23-25-27-29-31-33-35-37-39-41-44-54-46-48(47-56-58(52,53)55-45-43-50)57-49(51)42-40-38-36-34-32-30-28-26-24-22-20-18-16-14-12-10-8-6-4-2/h11-14,17-20,24,26,48H,3-10,15-16,21-23,25,27-47,50H2,1-2H3,(H,52,53)/b13-11-,14-12-,19-17-,20-18-,26-24-. The highest BCUT2D eigenvalue weighted by Crippen LogP contribution is 2.43. The molecule has 2 atom stereocenters. The summed E-state index contributed by atoms with van der Waals surface area (Å²) >= 11 is 0. The van der Waals surface area contributed by atoms with Gasteiger partial charge in [0, 0.05) is 19.6 Å². The van der Waals surface area contributed by atoms with Crippen molar-refractivity contribution in [1.29, 1.82) is 0 Å². The third-order valence-corrected chi connectivity index (χ3v) is 10.9. The predicted molar refractivity (Wildman–Crippen MR) is 247 cm³/mol. The van der Waals surface area contributed by atoms with Crippen LogP contribution in [0.4, 0.5) is 0 Å². The van der Waals surface area contributed by atoms with Gasteiger partial charge in [-0.05, 0) is 83.5 Å². The average molecular weight is 836 g/mol. The Bertz CT molecular complexity index is 1070. The lowest BCUT2D eigenvalue weighted by Crippen LogP contribution is -2.28.